The molecule has 1 heterocycles. The molecule has 5 heteroatoms. The van der Waals surface area contributed by atoms with E-state index in [1.165, 1.54) is 11.3 Å². The molecule has 0 saturated carbocycles. The van der Waals surface area contributed by atoms with Crippen LogP contribution >= 0.6 is 11.3 Å². The van der Waals surface area contributed by atoms with Gasteiger partial charge in [-0.3, -0.25) is 4.79 Å². The molecule has 4 nitrogen and oxygen atoms in total. The number of hydrogen-bond donors (Lipinski definition) is 2. The lowest BCUT2D eigenvalue weighted by atomic mass is 9.99. The Bertz CT molecular complexity index is 328. The molecule has 0 saturated heterocycles. The van der Waals surface area contributed by atoms with Crippen molar-refractivity contribution in [3.8, 4) is 12.3 Å². The molecule has 0 bridgehead atoms. The largest absolute Gasteiger partial charge is 0.480 e. The second kappa shape index (κ2) is 4.03. The number of nitrogens with two attached hydrogens (primary N) is 1. The van der Waals surface area contributed by atoms with Crippen LogP contribution in [0.5, 0.6) is 0 Å². The van der Waals surface area contributed by atoms with Crippen LogP contribution in [0.25, 0.3) is 0 Å². The van der Waals surface area contributed by atoms with Crippen molar-refractivity contribution in [1.82, 2.24) is 4.98 Å². The SMILES string of the molecule is C#C[C@H](c1cscn1)[C@H](N)C(=O)O. The minimum Gasteiger partial charge on any atom is -0.480 e. The van der Waals surface area contributed by atoms with Crippen LogP contribution in [0.2, 0.25) is 0 Å². The first-order chi connectivity index (χ1) is 6.16. The number of hydrogen-bond acceptors (Lipinski definition) is 4. The molecule has 0 radical (unpaired) electrons. The van der Waals surface area contributed by atoms with Gasteiger partial charge in [-0.2, -0.15) is 0 Å². The maximum atomic E-state index is 10.5. The lowest BCUT2D eigenvalue weighted by Crippen LogP contribution is -2.36. The maximum absolute atomic E-state index is 10.5. The molecule has 1 rings (SSSR count). The summed E-state index contributed by atoms with van der Waals surface area (Å²) >= 11 is 1.36. The summed E-state index contributed by atoms with van der Waals surface area (Å²) in [4.78, 5) is 14.5. The molecule has 0 unspecified atom stereocenters. The number of carboxylic acids is 1. The summed E-state index contributed by atoms with van der Waals surface area (Å²) < 4.78 is 0. The van der Waals surface area contributed by atoms with Gasteiger partial charge < -0.3 is 10.8 Å². The van der Waals surface area contributed by atoms with E-state index in [0.29, 0.717) is 5.69 Å². The van der Waals surface area contributed by atoms with Crippen LogP contribution < -0.4 is 5.73 Å². The third-order valence-corrected chi connectivity index (χ3v) is 2.20. The average Bonchev–Trinajstić information content (AvgIpc) is 2.58. The predicted molar refractivity (Wildman–Crippen MR) is 49.3 cm³/mol. The van der Waals surface area contributed by atoms with Gasteiger partial charge in [0.25, 0.3) is 0 Å². The van der Waals surface area contributed by atoms with Crippen molar-refractivity contribution >= 4 is 17.3 Å². The molecular formula is C8H8N2O2S. The molecule has 1 aromatic heterocycles. The number of aromatic nitrogens is 1. The van der Waals surface area contributed by atoms with Gasteiger partial charge in [0.2, 0.25) is 0 Å². The van der Waals surface area contributed by atoms with Gasteiger partial charge in [-0.1, -0.05) is 5.92 Å². The number of rotatable bonds is 3. The zero-order valence-electron chi connectivity index (χ0n) is 6.68. The Morgan fingerprint density at radius 2 is 2.54 bits per heavy atom. The van der Waals surface area contributed by atoms with Crippen molar-refractivity contribution in [2.75, 3.05) is 0 Å². The fourth-order valence-corrected chi connectivity index (χ4v) is 1.48. The van der Waals surface area contributed by atoms with E-state index in [1.54, 1.807) is 10.9 Å². The third kappa shape index (κ3) is 2.05. The molecule has 13 heavy (non-hydrogen) atoms. The summed E-state index contributed by atoms with van der Waals surface area (Å²) in [5, 5.41) is 10.3. The second-order valence-electron chi connectivity index (χ2n) is 2.42. The van der Waals surface area contributed by atoms with Crippen LogP contribution in [0.4, 0.5) is 0 Å². The van der Waals surface area contributed by atoms with Gasteiger partial charge in [0.1, 0.15) is 6.04 Å². The van der Waals surface area contributed by atoms with Crippen LogP contribution in [-0.4, -0.2) is 22.1 Å². The predicted octanol–water partition coefficient (Wildman–Crippen LogP) is 0.272. The summed E-state index contributed by atoms with van der Waals surface area (Å²) in [5.41, 5.74) is 7.52. The van der Waals surface area contributed by atoms with E-state index >= 15 is 0 Å². The molecule has 0 aliphatic carbocycles. The van der Waals surface area contributed by atoms with Gasteiger partial charge in [-0.25, -0.2) is 4.98 Å². The molecular weight excluding hydrogens is 188 g/mol. The molecule has 1 aromatic rings. The maximum Gasteiger partial charge on any atom is 0.322 e. The van der Waals surface area contributed by atoms with Crippen molar-refractivity contribution in [2.24, 2.45) is 5.73 Å². The molecule has 0 spiro atoms. The smallest absolute Gasteiger partial charge is 0.322 e. The van der Waals surface area contributed by atoms with Crippen molar-refractivity contribution in [3.63, 3.8) is 0 Å². The number of carboxylic acid groups (broad SMARTS) is 1. The fourth-order valence-electron chi connectivity index (χ4n) is 0.891. The van der Waals surface area contributed by atoms with Gasteiger partial charge in [-0.05, 0) is 0 Å². The van der Waals surface area contributed by atoms with Crippen LogP contribution in [0, 0.1) is 12.3 Å². The van der Waals surface area contributed by atoms with Crippen molar-refractivity contribution in [1.29, 1.82) is 0 Å². The van der Waals surface area contributed by atoms with E-state index in [-0.39, 0.29) is 0 Å². The fraction of sp³-hybridized carbons (Fsp3) is 0.250. The van der Waals surface area contributed by atoms with Gasteiger partial charge >= 0.3 is 5.97 Å². The zero-order chi connectivity index (χ0) is 9.84. The lowest BCUT2D eigenvalue weighted by Gasteiger charge is -2.11. The molecule has 0 fully saturated rings. The Morgan fingerprint density at radius 3 is 2.92 bits per heavy atom. The van der Waals surface area contributed by atoms with Crippen LogP contribution in [0.3, 0.4) is 0 Å². The summed E-state index contributed by atoms with van der Waals surface area (Å²) in [6.07, 6.45) is 5.17. The van der Waals surface area contributed by atoms with Gasteiger partial charge in [-0.15, -0.1) is 17.8 Å². The molecule has 0 aliphatic rings. The number of thiazole rings is 1. The number of nitrogens with zero attached hydrogens (tertiary/aromatic N) is 1. The Morgan fingerprint density at radius 1 is 1.85 bits per heavy atom. The highest BCUT2D eigenvalue weighted by atomic mass is 32.1. The van der Waals surface area contributed by atoms with Crippen LogP contribution in [-0.2, 0) is 4.79 Å². The quantitative estimate of drug-likeness (QED) is 0.680. The monoisotopic (exact) mass is 196 g/mol. The Hall–Kier alpha value is -1.38. The minimum absolute atomic E-state index is 0.544. The van der Waals surface area contributed by atoms with E-state index < -0.39 is 17.9 Å². The van der Waals surface area contributed by atoms with Crippen molar-refractivity contribution < 1.29 is 9.90 Å². The summed E-state index contributed by atoms with van der Waals surface area (Å²) in [5.74, 6) is 0.560. The summed E-state index contributed by atoms with van der Waals surface area (Å²) in [6.45, 7) is 0. The first-order valence-electron chi connectivity index (χ1n) is 3.49. The summed E-state index contributed by atoms with van der Waals surface area (Å²) in [7, 11) is 0. The highest BCUT2D eigenvalue weighted by molar-refractivity contribution is 7.07. The standard InChI is InChI=1S/C8H8N2O2S/c1-2-5(7(9)8(11)12)6-3-13-4-10-6/h1,3-5,7H,9H2,(H,11,12)/t5-,7+/m1/s1. The topological polar surface area (TPSA) is 76.2 Å². The van der Waals surface area contributed by atoms with E-state index in [2.05, 4.69) is 10.9 Å². The highest BCUT2D eigenvalue weighted by Crippen LogP contribution is 2.17. The number of terminal acetylenes is 1. The Kier molecular flexibility index (Phi) is 3.01. The van der Waals surface area contributed by atoms with E-state index in [9.17, 15) is 4.79 Å². The first kappa shape index (κ1) is 9.71. The van der Waals surface area contributed by atoms with Gasteiger partial charge in [0.15, 0.2) is 0 Å². The molecule has 2 atom stereocenters. The zero-order valence-corrected chi connectivity index (χ0v) is 7.49. The molecule has 0 aromatic carbocycles. The highest BCUT2D eigenvalue weighted by Gasteiger charge is 2.25. The molecule has 0 amide bonds. The third-order valence-electron chi connectivity index (χ3n) is 1.59. The van der Waals surface area contributed by atoms with Gasteiger partial charge in [0.05, 0.1) is 17.1 Å². The normalized spacial score (nSPS) is 14.5. The first-order valence-corrected chi connectivity index (χ1v) is 4.43. The van der Waals surface area contributed by atoms with E-state index in [4.69, 9.17) is 17.3 Å². The van der Waals surface area contributed by atoms with Crippen molar-refractivity contribution in [3.05, 3.63) is 16.6 Å². The lowest BCUT2D eigenvalue weighted by molar-refractivity contribution is -0.138. The van der Waals surface area contributed by atoms with Gasteiger partial charge in [0, 0.05) is 5.38 Å². The molecule has 68 valence electrons. The summed E-state index contributed by atoms with van der Waals surface area (Å²) in [6, 6.07) is -1.09. The molecule has 3 N–H and O–H groups in total. The minimum atomic E-state index is -1.11. The second-order valence-corrected chi connectivity index (χ2v) is 3.14. The Labute approximate surface area is 79.4 Å². The molecule has 0 aliphatic heterocycles. The van der Waals surface area contributed by atoms with E-state index in [0.717, 1.165) is 0 Å². The number of carbonyl (C=O) groups is 1. The van der Waals surface area contributed by atoms with Crippen LogP contribution in [0.1, 0.15) is 11.6 Å². The van der Waals surface area contributed by atoms with Crippen LogP contribution in [0.15, 0.2) is 10.9 Å². The Balaban J connectivity index is 2.88. The number of aliphatic carboxylic acids is 1. The van der Waals surface area contributed by atoms with E-state index in [1.807, 2.05) is 0 Å². The van der Waals surface area contributed by atoms with Crippen molar-refractivity contribution in [2.45, 2.75) is 12.0 Å². The average molecular weight is 196 g/mol.